The van der Waals surface area contributed by atoms with Crippen LogP contribution in [0.1, 0.15) is 36.0 Å². The predicted octanol–water partition coefficient (Wildman–Crippen LogP) is 1.47. The first-order valence-electron chi connectivity index (χ1n) is 5.91. The van der Waals surface area contributed by atoms with Crippen molar-refractivity contribution in [3.8, 4) is 5.75 Å². The average molecular weight is 235 g/mol. The third-order valence-corrected chi connectivity index (χ3v) is 3.09. The third-order valence-electron chi connectivity index (χ3n) is 3.09. The van der Waals surface area contributed by atoms with Crippen LogP contribution in [0.2, 0.25) is 0 Å². The molecule has 0 unspecified atom stereocenters. The van der Waals surface area contributed by atoms with Crippen LogP contribution in [0.3, 0.4) is 0 Å². The van der Waals surface area contributed by atoms with E-state index < -0.39 is 5.91 Å². The first-order chi connectivity index (χ1) is 8.16. The van der Waals surface area contributed by atoms with Crippen LogP contribution in [0.4, 0.5) is 0 Å². The molecule has 4 nitrogen and oxygen atoms in total. The highest BCUT2D eigenvalue weighted by Crippen LogP contribution is 2.24. The van der Waals surface area contributed by atoms with E-state index in [0.29, 0.717) is 11.3 Å². The van der Waals surface area contributed by atoms with E-state index in [1.54, 1.807) is 24.3 Å². The molecule has 1 aromatic rings. The van der Waals surface area contributed by atoms with Crippen molar-refractivity contribution < 1.29 is 14.6 Å². The minimum atomic E-state index is -0.450. The summed E-state index contributed by atoms with van der Waals surface area (Å²) in [7, 11) is 0. The molecule has 1 saturated carbocycles. The number of hydrogen-bond donors (Lipinski definition) is 2. The lowest BCUT2D eigenvalue weighted by Gasteiger charge is -2.28. The van der Waals surface area contributed by atoms with E-state index >= 15 is 0 Å². The average Bonchev–Trinajstić information content (AvgIpc) is 2.33. The fourth-order valence-corrected chi connectivity index (χ4v) is 2.09. The topological polar surface area (TPSA) is 72.6 Å². The van der Waals surface area contributed by atoms with Crippen molar-refractivity contribution in [3.05, 3.63) is 29.8 Å². The van der Waals surface area contributed by atoms with Gasteiger partial charge in [-0.25, -0.2) is 0 Å². The molecular formula is C13H17NO3. The van der Waals surface area contributed by atoms with Crippen molar-refractivity contribution in [3.63, 3.8) is 0 Å². The minimum Gasteiger partial charge on any atom is -0.488 e. The Balaban J connectivity index is 2.00. The molecule has 17 heavy (non-hydrogen) atoms. The number of rotatable bonds is 3. The summed E-state index contributed by atoms with van der Waals surface area (Å²) in [6.45, 7) is 0. The Kier molecular flexibility index (Phi) is 3.64. The van der Waals surface area contributed by atoms with Crippen LogP contribution in [-0.2, 0) is 0 Å². The first-order valence-corrected chi connectivity index (χ1v) is 5.91. The van der Waals surface area contributed by atoms with E-state index in [9.17, 15) is 9.90 Å². The Morgan fingerprint density at radius 1 is 1.24 bits per heavy atom. The quantitative estimate of drug-likeness (QED) is 0.833. The molecule has 1 fully saturated rings. The van der Waals surface area contributed by atoms with E-state index in [1.165, 1.54) is 0 Å². The van der Waals surface area contributed by atoms with Gasteiger partial charge in [-0.2, -0.15) is 0 Å². The summed E-state index contributed by atoms with van der Waals surface area (Å²) in [5.41, 5.74) is 5.61. The number of ether oxygens (including phenoxy) is 1. The van der Waals surface area contributed by atoms with Crippen molar-refractivity contribution >= 4 is 5.91 Å². The van der Waals surface area contributed by atoms with Gasteiger partial charge in [0, 0.05) is 5.56 Å². The van der Waals surface area contributed by atoms with Crippen LogP contribution in [-0.4, -0.2) is 23.2 Å². The van der Waals surface area contributed by atoms with Gasteiger partial charge >= 0.3 is 0 Å². The fraction of sp³-hybridized carbons (Fsp3) is 0.462. The number of primary amides is 1. The van der Waals surface area contributed by atoms with Crippen molar-refractivity contribution in [2.24, 2.45) is 5.73 Å². The molecule has 0 saturated heterocycles. The molecule has 2 atom stereocenters. The molecule has 3 N–H and O–H groups in total. The smallest absolute Gasteiger partial charge is 0.248 e. The Hall–Kier alpha value is -1.55. The summed E-state index contributed by atoms with van der Waals surface area (Å²) in [6, 6.07) is 6.68. The van der Waals surface area contributed by atoms with Crippen LogP contribution >= 0.6 is 0 Å². The molecule has 0 bridgehead atoms. The molecule has 1 aliphatic rings. The van der Waals surface area contributed by atoms with Gasteiger partial charge in [-0.1, -0.05) is 6.42 Å². The second-order valence-corrected chi connectivity index (χ2v) is 4.40. The molecule has 0 radical (unpaired) electrons. The van der Waals surface area contributed by atoms with Gasteiger partial charge in [0.05, 0.1) is 6.10 Å². The summed E-state index contributed by atoms with van der Waals surface area (Å²) < 4.78 is 5.70. The Labute approximate surface area is 100 Å². The summed E-state index contributed by atoms with van der Waals surface area (Å²) >= 11 is 0. The van der Waals surface area contributed by atoms with Crippen molar-refractivity contribution in [2.75, 3.05) is 0 Å². The Morgan fingerprint density at radius 3 is 2.47 bits per heavy atom. The highest BCUT2D eigenvalue weighted by atomic mass is 16.5. The molecule has 1 aliphatic carbocycles. The zero-order valence-corrected chi connectivity index (χ0v) is 9.63. The molecule has 92 valence electrons. The van der Waals surface area contributed by atoms with Gasteiger partial charge in [-0.3, -0.25) is 4.79 Å². The van der Waals surface area contributed by atoms with E-state index in [1.807, 2.05) is 0 Å². The standard InChI is InChI=1S/C13H17NO3/c14-13(16)9-5-7-10(8-6-9)17-12-4-2-1-3-11(12)15/h5-8,11-12,15H,1-4H2,(H2,14,16)/t11-,12-/m0/s1. The number of aliphatic hydroxyl groups excluding tert-OH is 1. The second kappa shape index (κ2) is 5.19. The van der Waals surface area contributed by atoms with Crippen LogP contribution < -0.4 is 10.5 Å². The van der Waals surface area contributed by atoms with Gasteiger partial charge in [-0.15, -0.1) is 0 Å². The van der Waals surface area contributed by atoms with Crippen molar-refractivity contribution in [1.29, 1.82) is 0 Å². The molecule has 1 aromatic carbocycles. The van der Waals surface area contributed by atoms with E-state index in [4.69, 9.17) is 10.5 Å². The molecule has 0 heterocycles. The number of carbonyl (C=O) groups excluding carboxylic acids is 1. The maximum Gasteiger partial charge on any atom is 0.248 e. The van der Waals surface area contributed by atoms with Gasteiger partial charge in [0.25, 0.3) is 0 Å². The molecule has 0 aliphatic heterocycles. The Bertz CT molecular complexity index is 388. The molecule has 0 aromatic heterocycles. The van der Waals surface area contributed by atoms with Crippen LogP contribution in [0, 0.1) is 0 Å². The SMILES string of the molecule is NC(=O)c1ccc(O[C@H]2CCCC[C@@H]2O)cc1. The first kappa shape index (κ1) is 11.9. The van der Waals surface area contributed by atoms with Gasteiger partial charge in [0.15, 0.2) is 0 Å². The summed E-state index contributed by atoms with van der Waals surface area (Å²) in [6.07, 6.45) is 3.29. The molecule has 0 spiro atoms. The number of carbonyl (C=O) groups is 1. The van der Waals surface area contributed by atoms with E-state index in [2.05, 4.69) is 0 Å². The third kappa shape index (κ3) is 2.97. The minimum absolute atomic E-state index is 0.136. The van der Waals surface area contributed by atoms with Crippen molar-refractivity contribution in [1.82, 2.24) is 0 Å². The molecule has 4 heteroatoms. The largest absolute Gasteiger partial charge is 0.488 e. The lowest BCUT2D eigenvalue weighted by molar-refractivity contribution is 0.00687. The lowest BCUT2D eigenvalue weighted by atomic mass is 9.95. The second-order valence-electron chi connectivity index (χ2n) is 4.40. The maximum atomic E-state index is 10.9. The van der Waals surface area contributed by atoms with E-state index in [0.717, 1.165) is 25.7 Å². The van der Waals surface area contributed by atoms with Gasteiger partial charge in [-0.05, 0) is 43.5 Å². The molecule has 2 rings (SSSR count). The number of benzene rings is 1. The van der Waals surface area contributed by atoms with Crippen LogP contribution in [0.25, 0.3) is 0 Å². The fourth-order valence-electron chi connectivity index (χ4n) is 2.09. The van der Waals surface area contributed by atoms with Crippen LogP contribution in [0.15, 0.2) is 24.3 Å². The summed E-state index contributed by atoms with van der Waals surface area (Å²) in [5, 5.41) is 9.77. The lowest BCUT2D eigenvalue weighted by Crippen LogP contribution is -2.34. The monoisotopic (exact) mass is 235 g/mol. The molecular weight excluding hydrogens is 218 g/mol. The number of hydrogen-bond acceptors (Lipinski definition) is 3. The van der Waals surface area contributed by atoms with Crippen molar-refractivity contribution in [2.45, 2.75) is 37.9 Å². The number of nitrogens with two attached hydrogens (primary N) is 1. The number of aliphatic hydroxyl groups is 1. The zero-order chi connectivity index (χ0) is 12.3. The highest BCUT2D eigenvalue weighted by Gasteiger charge is 2.24. The highest BCUT2D eigenvalue weighted by molar-refractivity contribution is 5.92. The van der Waals surface area contributed by atoms with Gasteiger partial charge in [0.1, 0.15) is 11.9 Å². The zero-order valence-electron chi connectivity index (χ0n) is 9.63. The maximum absolute atomic E-state index is 10.9. The summed E-state index contributed by atoms with van der Waals surface area (Å²) in [5.74, 6) is 0.218. The predicted molar refractivity (Wildman–Crippen MR) is 63.9 cm³/mol. The van der Waals surface area contributed by atoms with E-state index in [-0.39, 0.29) is 12.2 Å². The molecule has 1 amide bonds. The van der Waals surface area contributed by atoms with Gasteiger partial charge in [0.2, 0.25) is 5.91 Å². The van der Waals surface area contributed by atoms with Gasteiger partial charge < -0.3 is 15.6 Å². The normalized spacial score (nSPS) is 24.3. The number of amides is 1. The summed E-state index contributed by atoms with van der Waals surface area (Å²) in [4.78, 5) is 10.9. The van der Waals surface area contributed by atoms with Crippen LogP contribution in [0.5, 0.6) is 5.75 Å². The Morgan fingerprint density at radius 2 is 1.88 bits per heavy atom.